The molecule has 0 aliphatic carbocycles. The maximum Gasteiger partial charge on any atom is 0.247 e. The fourth-order valence-electron chi connectivity index (χ4n) is 3.33. The predicted octanol–water partition coefficient (Wildman–Crippen LogP) is 3.03. The zero-order valence-electron chi connectivity index (χ0n) is 16.2. The summed E-state index contributed by atoms with van der Waals surface area (Å²) in [4.78, 5) is 27.5. The third-order valence-corrected chi connectivity index (χ3v) is 5.76. The van der Waals surface area contributed by atoms with Crippen molar-refractivity contribution in [2.45, 2.75) is 37.6 Å². The lowest BCUT2D eigenvalue weighted by molar-refractivity contribution is -0.124. The number of benzene rings is 2. The lowest BCUT2D eigenvalue weighted by Gasteiger charge is -2.37. The quantitative estimate of drug-likeness (QED) is 0.836. The van der Waals surface area contributed by atoms with Crippen LogP contribution in [-0.4, -0.2) is 32.5 Å². The van der Waals surface area contributed by atoms with Crippen LogP contribution >= 0.6 is 0 Å². The number of hydrogen-bond acceptors (Lipinski definition) is 4. The number of amides is 2. The highest BCUT2D eigenvalue weighted by Crippen LogP contribution is 2.36. The molecule has 1 heterocycles. The summed E-state index contributed by atoms with van der Waals surface area (Å²) >= 11 is 0. The highest BCUT2D eigenvalue weighted by atomic mass is 32.2. The third kappa shape index (κ3) is 4.25. The third-order valence-electron chi connectivity index (χ3n) is 4.65. The molecule has 6 nitrogen and oxygen atoms in total. The molecule has 0 aromatic heterocycles. The van der Waals surface area contributed by atoms with E-state index in [0.29, 0.717) is 24.2 Å². The zero-order chi connectivity index (χ0) is 20.5. The van der Waals surface area contributed by atoms with Gasteiger partial charge in [-0.15, -0.1) is 0 Å². The molecule has 2 aromatic carbocycles. The first-order valence-corrected chi connectivity index (χ1v) is 11.1. The number of carbonyl (C=O) groups excluding carboxylic acids is 2. The molecule has 0 saturated heterocycles. The molecule has 1 aliphatic rings. The van der Waals surface area contributed by atoms with Crippen molar-refractivity contribution in [1.82, 2.24) is 0 Å². The second kappa shape index (κ2) is 7.75. The van der Waals surface area contributed by atoms with Gasteiger partial charge in [0.1, 0.15) is 6.04 Å². The molecule has 2 aromatic rings. The average molecular weight is 401 g/mol. The molecule has 0 fully saturated rings. The molecule has 1 N–H and O–H groups in total. The van der Waals surface area contributed by atoms with Gasteiger partial charge in [-0.3, -0.25) is 14.5 Å². The van der Waals surface area contributed by atoms with E-state index in [-0.39, 0.29) is 22.6 Å². The van der Waals surface area contributed by atoms with Crippen molar-refractivity contribution in [2.24, 2.45) is 5.92 Å². The Hall–Kier alpha value is -2.67. The molecule has 28 heavy (non-hydrogen) atoms. The van der Waals surface area contributed by atoms with Gasteiger partial charge in [-0.1, -0.05) is 44.2 Å². The number of fused-ring (bicyclic) bond motifs is 1. The van der Waals surface area contributed by atoms with E-state index in [1.807, 2.05) is 44.2 Å². The summed E-state index contributed by atoms with van der Waals surface area (Å²) in [5.41, 5.74) is 1.81. The van der Waals surface area contributed by atoms with Gasteiger partial charge in [-0.25, -0.2) is 8.42 Å². The Labute approximate surface area is 165 Å². The smallest absolute Gasteiger partial charge is 0.247 e. The molecule has 1 atom stereocenters. The maximum absolute atomic E-state index is 13.0. The van der Waals surface area contributed by atoms with Crippen LogP contribution in [0.5, 0.6) is 0 Å². The van der Waals surface area contributed by atoms with Gasteiger partial charge in [0.05, 0.1) is 16.3 Å². The molecular weight excluding hydrogens is 376 g/mol. The number of hydrogen-bond donors (Lipinski definition) is 1. The Morgan fingerprint density at radius 2 is 1.82 bits per heavy atom. The van der Waals surface area contributed by atoms with Crippen LogP contribution in [0.15, 0.2) is 53.4 Å². The van der Waals surface area contributed by atoms with E-state index in [1.165, 1.54) is 17.0 Å². The minimum absolute atomic E-state index is 0.101. The van der Waals surface area contributed by atoms with Crippen molar-refractivity contribution >= 4 is 33.0 Å². The van der Waals surface area contributed by atoms with Gasteiger partial charge in [0.15, 0.2) is 9.84 Å². The predicted molar refractivity (Wildman–Crippen MR) is 109 cm³/mol. The van der Waals surface area contributed by atoms with Gasteiger partial charge in [-0.05, 0) is 29.7 Å². The molecular formula is C21H24N2O4S. The van der Waals surface area contributed by atoms with Crippen molar-refractivity contribution in [3.05, 3.63) is 54.1 Å². The average Bonchev–Trinajstić information content (AvgIpc) is 2.61. The Morgan fingerprint density at radius 3 is 2.43 bits per heavy atom. The molecule has 1 aliphatic heterocycles. The number of sulfone groups is 1. The van der Waals surface area contributed by atoms with Crippen LogP contribution in [0.1, 0.15) is 25.8 Å². The van der Waals surface area contributed by atoms with E-state index in [0.717, 1.165) is 11.8 Å². The highest BCUT2D eigenvalue weighted by Gasteiger charge is 2.37. The lowest BCUT2D eigenvalue weighted by atomic mass is 9.98. The van der Waals surface area contributed by atoms with E-state index >= 15 is 0 Å². The van der Waals surface area contributed by atoms with Crippen molar-refractivity contribution in [1.29, 1.82) is 0 Å². The topological polar surface area (TPSA) is 83.6 Å². The lowest BCUT2D eigenvalue weighted by Crippen LogP contribution is -2.52. The van der Waals surface area contributed by atoms with Gasteiger partial charge in [0.2, 0.25) is 11.8 Å². The van der Waals surface area contributed by atoms with Crippen LogP contribution < -0.4 is 10.2 Å². The maximum atomic E-state index is 13.0. The van der Waals surface area contributed by atoms with Gasteiger partial charge in [-0.2, -0.15) is 0 Å². The summed E-state index contributed by atoms with van der Waals surface area (Å²) in [5.74, 6) is -0.341. The summed E-state index contributed by atoms with van der Waals surface area (Å²) < 4.78 is 23.7. The molecule has 0 unspecified atom stereocenters. The molecule has 7 heteroatoms. The largest absolute Gasteiger partial charge is 0.322 e. The summed E-state index contributed by atoms with van der Waals surface area (Å²) in [7, 11) is -3.43. The first kappa shape index (κ1) is 20.1. The van der Waals surface area contributed by atoms with E-state index in [9.17, 15) is 18.0 Å². The number of nitrogens with one attached hydrogen (secondary N) is 1. The number of nitrogens with zero attached hydrogens (tertiary/aromatic N) is 1. The molecule has 0 saturated carbocycles. The number of rotatable bonds is 5. The Balaban J connectivity index is 2.06. The number of carbonyl (C=O) groups is 2. The van der Waals surface area contributed by atoms with Crippen LogP contribution in [-0.2, 0) is 25.8 Å². The molecule has 0 radical (unpaired) electrons. The zero-order valence-corrected chi connectivity index (χ0v) is 17.0. The van der Waals surface area contributed by atoms with Crippen LogP contribution in [0.2, 0.25) is 0 Å². The van der Waals surface area contributed by atoms with Crippen LogP contribution in [0.25, 0.3) is 0 Å². The minimum Gasteiger partial charge on any atom is -0.322 e. The first-order valence-electron chi connectivity index (χ1n) is 9.18. The van der Waals surface area contributed by atoms with E-state index in [4.69, 9.17) is 0 Å². The Morgan fingerprint density at radius 1 is 1.14 bits per heavy atom. The van der Waals surface area contributed by atoms with Gasteiger partial charge in [0.25, 0.3) is 0 Å². The summed E-state index contributed by atoms with van der Waals surface area (Å²) in [5, 5.41) is 2.78. The fraction of sp³-hybridized carbons (Fsp3) is 0.333. The van der Waals surface area contributed by atoms with Gasteiger partial charge < -0.3 is 5.32 Å². The first-order chi connectivity index (χ1) is 13.2. The summed E-state index contributed by atoms with van der Waals surface area (Å²) in [6.45, 7) is 3.89. The van der Waals surface area contributed by atoms with Crippen molar-refractivity contribution in [3.63, 3.8) is 0 Å². The Kier molecular flexibility index (Phi) is 5.56. The van der Waals surface area contributed by atoms with Gasteiger partial charge >= 0.3 is 0 Å². The van der Waals surface area contributed by atoms with Crippen LogP contribution in [0.3, 0.4) is 0 Å². The molecule has 148 valence electrons. The molecule has 2 amide bonds. The van der Waals surface area contributed by atoms with E-state index < -0.39 is 15.9 Å². The SMILES string of the molecule is CC(C)CC(=O)N1c2ccc(S(C)(=O)=O)cc2NC(=O)[C@@H]1Cc1ccccc1. The monoisotopic (exact) mass is 400 g/mol. The van der Waals surface area contributed by atoms with Crippen LogP contribution in [0, 0.1) is 5.92 Å². The van der Waals surface area contributed by atoms with Crippen molar-refractivity contribution in [2.75, 3.05) is 16.5 Å². The number of anilines is 2. The second-order valence-corrected chi connectivity index (χ2v) is 9.52. The van der Waals surface area contributed by atoms with Crippen molar-refractivity contribution < 1.29 is 18.0 Å². The van der Waals surface area contributed by atoms with Gasteiger partial charge in [0, 0.05) is 19.1 Å². The summed E-state index contributed by atoms with van der Waals surface area (Å²) in [6.07, 6.45) is 1.79. The normalized spacial score (nSPS) is 16.6. The minimum atomic E-state index is -3.43. The fourth-order valence-corrected chi connectivity index (χ4v) is 3.98. The molecule has 0 bridgehead atoms. The highest BCUT2D eigenvalue weighted by molar-refractivity contribution is 7.90. The van der Waals surface area contributed by atoms with Crippen molar-refractivity contribution in [3.8, 4) is 0 Å². The van der Waals surface area contributed by atoms with E-state index in [1.54, 1.807) is 6.07 Å². The molecule has 3 rings (SSSR count). The molecule has 0 spiro atoms. The summed E-state index contributed by atoms with van der Waals surface area (Å²) in [6, 6.07) is 13.3. The second-order valence-electron chi connectivity index (χ2n) is 7.51. The standard InChI is InChI=1S/C21H24N2O4S/c1-14(2)11-20(24)23-18-10-9-16(28(3,26)27)13-17(18)22-21(25)19(23)12-15-7-5-4-6-8-15/h4-10,13-14,19H,11-12H2,1-3H3,(H,22,25)/t19-/m0/s1. The van der Waals surface area contributed by atoms with E-state index in [2.05, 4.69) is 5.32 Å². The van der Waals surface area contributed by atoms with Crippen LogP contribution in [0.4, 0.5) is 11.4 Å². The Bertz CT molecular complexity index is 1000.